The molecule has 2 fully saturated rings. The highest BCUT2D eigenvalue weighted by molar-refractivity contribution is 4.92. The normalized spacial score (nSPS) is 34.1. The van der Waals surface area contributed by atoms with E-state index in [1.807, 2.05) is 0 Å². The lowest BCUT2D eigenvalue weighted by atomic mass is 9.68. The van der Waals surface area contributed by atoms with Gasteiger partial charge in [-0.2, -0.15) is 0 Å². The summed E-state index contributed by atoms with van der Waals surface area (Å²) in [4.78, 5) is 0. The quantitative estimate of drug-likeness (QED) is 0.541. The molecule has 21 heavy (non-hydrogen) atoms. The Kier molecular flexibility index (Phi) is 7.57. The lowest BCUT2D eigenvalue weighted by Gasteiger charge is -2.37. The molecule has 120 valence electrons. The zero-order valence-electron chi connectivity index (χ0n) is 13.9. The molecule has 0 spiro atoms. The Morgan fingerprint density at radius 2 is 1.57 bits per heavy atom. The zero-order valence-corrected chi connectivity index (χ0v) is 13.9. The Morgan fingerprint density at radius 3 is 2.14 bits per heavy atom. The molecule has 2 aliphatic carbocycles. The van der Waals surface area contributed by atoms with E-state index in [1.54, 1.807) is 7.11 Å². The van der Waals surface area contributed by atoms with Crippen molar-refractivity contribution in [1.82, 2.24) is 0 Å². The summed E-state index contributed by atoms with van der Waals surface area (Å²) in [5.74, 6) is 3.87. The molecule has 0 unspecified atom stereocenters. The van der Waals surface area contributed by atoms with E-state index in [4.69, 9.17) is 4.74 Å². The average molecular weight is 290 g/mol. The molecule has 0 bridgehead atoms. The fourth-order valence-corrected chi connectivity index (χ4v) is 4.45. The number of hydrogen-bond acceptors (Lipinski definition) is 1. The minimum Gasteiger partial charge on any atom is -0.381 e. The highest BCUT2D eigenvalue weighted by Gasteiger charge is 2.29. The third-order valence-corrected chi connectivity index (χ3v) is 5.82. The van der Waals surface area contributed by atoms with Crippen LogP contribution in [0.3, 0.4) is 0 Å². The van der Waals surface area contributed by atoms with Crippen LogP contribution in [-0.2, 0) is 4.74 Å². The smallest absolute Gasteiger partial charge is 0.0643 e. The van der Waals surface area contributed by atoms with Crippen molar-refractivity contribution in [2.45, 2.75) is 64.2 Å². The summed E-state index contributed by atoms with van der Waals surface area (Å²) in [6.07, 6.45) is 21.0. The predicted octanol–water partition coefficient (Wildman–Crippen LogP) is 5.77. The van der Waals surface area contributed by atoms with E-state index in [2.05, 4.69) is 24.8 Å². The summed E-state index contributed by atoms with van der Waals surface area (Å²) >= 11 is 0. The second-order valence-electron chi connectivity index (χ2n) is 7.21. The Labute approximate surface area is 131 Å². The second kappa shape index (κ2) is 9.46. The lowest BCUT2D eigenvalue weighted by molar-refractivity contribution is 0.152. The van der Waals surface area contributed by atoms with Crippen LogP contribution in [0.4, 0.5) is 0 Å². The van der Waals surface area contributed by atoms with Gasteiger partial charge >= 0.3 is 0 Å². The van der Waals surface area contributed by atoms with Crippen molar-refractivity contribution in [3.05, 3.63) is 24.8 Å². The van der Waals surface area contributed by atoms with Gasteiger partial charge in [0.15, 0.2) is 0 Å². The van der Waals surface area contributed by atoms with Crippen molar-refractivity contribution in [2.75, 3.05) is 13.7 Å². The summed E-state index contributed by atoms with van der Waals surface area (Å²) in [6, 6.07) is 0. The van der Waals surface area contributed by atoms with Crippen molar-refractivity contribution in [2.24, 2.45) is 23.7 Å². The summed E-state index contributed by atoms with van der Waals surface area (Å²) in [5.41, 5.74) is 0. The van der Waals surface area contributed by atoms with Gasteiger partial charge in [-0.25, -0.2) is 0 Å². The first-order valence-corrected chi connectivity index (χ1v) is 9.10. The van der Waals surface area contributed by atoms with Gasteiger partial charge < -0.3 is 4.74 Å². The maximum absolute atomic E-state index is 5.09. The van der Waals surface area contributed by atoms with E-state index in [9.17, 15) is 0 Å². The largest absolute Gasteiger partial charge is 0.381 e. The maximum Gasteiger partial charge on any atom is 0.0643 e. The van der Waals surface area contributed by atoms with Crippen molar-refractivity contribution < 1.29 is 4.74 Å². The van der Waals surface area contributed by atoms with Crippen LogP contribution in [0.15, 0.2) is 24.8 Å². The molecule has 0 N–H and O–H groups in total. The molecule has 2 rings (SSSR count). The first kappa shape index (κ1) is 16.8. The van der Waals surface area contributed by atoms with Crippen LogP contribution in [0.25, 0.3) is 0 Å². The molecule has 0 heterocycles. The van der Waals surface area contributed by atoms with Gasteiger partial charge in [-0.1, -0.05) is 31.1 Å². The molecule has 0 saturated heterocycles. The van der Waals surface area contributed by atoms with Gasteiger partial charge in [-0.15, -0.1) is 6.58 Å². The van der Waals surface area contributed by atoms with Crippen molar-refractivity contribution in [1.29, 1.82) is 0 Å². The fourth-order valence-electron chi connectivity index (χ4n) is 4.45. The van der Waals surface area contributed by atoms with Gasteiger partial charge in [-0.05, 0) is 75.0 Å². The Bertz CT molecular complexity index is 304. The van der Waals surface area contributed by atoms with E-state index in [1.165, 1.54) is 64.2 Å². The minimum atomic E-state index is 0.772. The first-order chi connectivity index (χ1) is 10.3. The molecule has 2 aliphatic rings. The number of hydrogen-bond donors (Lipinski definition) is 0. The van der Waals surface area contributed by atoms with E-state index in [0.29, 0.717) is 0 Å². The number of ether oxygens (including phenoxy) is 1. The summed E-state index contributed by atoms with van der Waals surface area (Å²) in [7, 11) is 1.77. The van der Waals surface area contributed by atoms with E-state index >= 15 is 0 Å². The van der Waals surface area contributed by atoms with Crippen LogP contribution in [-0.4, -0.2) is 13.7 Å². The maximum atomic E-state index is 5.09. The fraction of sp³-hybridized carbons (Fsp3) is 0.800. The van der Waals surface area contributed by atoms with Gasteiger partial charge in [0.25, 0.3) is 0 Å². The molecule has 0 aromatic carbocycles. The average Bonchev–Trinajstić information content (AvgIpc) is 2.54. The Balaban J connectivity index is 1.65. The van der Waals surface area contributed by atoms with Crippen LogP contribution in [0.5, 0.6) is 0 Å². The summed E-state index contributed by atoms with van der Waals surface area (Å²) < 4.78 is 5.09. The standard InChI is InChI=1S/C20H34O/c1-3-4-6-17-8-12-19(13-9-17)20-14-10-18(11-15-20)7-5-16-21-2/h3,5,7,17-20H,1,4,6,8-16H2,2H3. The van der Waals surface area contributed by atoms with Gasteiger partial charge in [0.2, 0.25) is 0 Å². The number of rotatable bonds is 7. The van der Waals surface area contributed by atoms with Gasteiger partial charge in [0.1, 0.15) is 0 Å². The first-order valence-electron chi connectivity index (χ1n) is 9.10. The number of methoxy groups -OCH3 is 1. The minimum absolute atomic E-state index is 0.772. The van der Waals surface area contributed by atoms with Gasteiger partial charge in [0.05, 0.1) is 6.61 Å². The topological polar surface area (TPSA) is 9.23 Å². The molecule has 1 heteroatoms. The van der Waals surface area contributed by atoms with Crippen LogP contribution in [0.2, 0.25) is 0 Å². The molecule has 0 radical (unpaired) electrons. The monoisotopic (exact) mass is 290 g/mol. The van der Waals surface area contributed by atoms with Crippen LogP contribution < -0.4 is 0 Å². The third kappa shape index (κ3) is 5.62. The number of allylic oxidation sites excluding steroid dienone is 2. The molecule has 0 aromatic rings. The summed E-state index contributed by atoms with van der Waals surface area (Å²) in [5, 5.41) is 0. The molecule has 0 aromatic heterocycles. The van der Waals surface area contributed by atoms with Gasteiger partial charge in [-0.3, -0.25) is 0 Å². The van der Waals surface area contributed by atoms with Crippen molar-refractivity contribution in [3.63, 3.8) is 0 Å². The third-order valence-electron chi connectivity index (χ3n) is 5.82. The molecular formula is C20H34O. The second-order valence-corrected chi connectivity index (χ2v) is 7.21. The molecule has 0 atom stereocenters. The van der Waals surface area contributed by atoms with E-state index < -0.39 is 0 Å². The van der Waals surface area contributed by atoms with E-state index in [-0.39, 0.29) is 0 Å². The SMILES string of the molecule is C=CCCC1CCC(C2CCC(C=CCOC)CC2)CC1. The lowest BCUT2D eigenvalue weighted by Crippen LogP contribution is -2.25. The van der Waals surface area contributed by atoms with Crippen molar-refractivity contribution >= 4 is 0 Å². The molecule has 2 saturated carbocycles. The highest BCUT2D eigenvalue weighted by atomic mass is 16.5. The highest BCUT2D eigenvalue weighted by Crippen LogP contribution is 2.42. The Hall–Kier alpha value is -0.560. The molecule has 0 aliphatic heterocycles. The summed E-state index contributed by atoms with van der Waals surface area (Å²) in [6.45, 7) is 4.63. The molecule has 0 amide bonds. The van der Waals surface area contributed by atoms with Crippen LogP contribution in [0, 0.1) is 23.7 Å². The zero-order chi connectivity index (χ0) is 14.9. The molecule has 1 nitrogen and oxygen atoms in total. The van der Waals surface area contributed by atoms with E-state index in [0.717, 1.165) is 30.3 Å². The van der Waals surface area contributed by atoms with Crippen molar-refractivity contribution in [3.8, 4) is 0 Å². The Morgan fingerprint density at radius 1 is 0.952 bits per heavy atom. The van der Waals surface area contributed by atoms with Gasteiger partial charge in [0, 0.05) is 7.11 Å². The molecular weight excluding hydrogens is 256 g/mol. The predicted molar refractivity (Wildman–Crippen MR) is 91.3 cm³/mol. The van der Waals surface area contributed by atoms with Crippen LogP contribution in [0.1, 0.15) is 64.2 Å². The van der Waals surface area contributed by atoms with Crippen LogP contribution >= 0.6 is 0 Å².